The summed E-state index contributed by atoms with van der Waals surface area (Å²) in [6.45, 7) is 6.96. The van der Waals surface area contributed by atoms with E-state index in [1.165, 1.54) is 7.11 Å². The molecular formula is C23H35FN2O6. The van der Waals surface area contributed by atoms with Crippen molar-refractivity contribution in [2.75, 3.05) is 13.7 Å². The lowest BCUT2D eigenvalue weighted by atomic mass is 10.0. The van der Waals surface area contributed by atoms with Gasteiger partial charge in [-0.05, 0) is 70.6 Å². The van der Waals surface area contributed by atoms with Crippen LogP contribution < -0.4 is 15.8 Å². The summed E-state index contributed by atoms with van der Waals surface area (Å²) in [5.74, 6) is -1.24. The highest BCUT2D eigenvalue weighted by atomic mass is 19.1. The van der Waals surface area contributed by atoms with Crippen LogP contribution in [0.4, 0.5) is 9.18 Å². The van der Waals surface area contributed by atoms with E-state index in [9.17, 15) is 18.8 Å². The number of nitrogens with two attached hydrogens (primary N) is 1. The van der Waals surface area contributed by atoms with E-state index >= 15 is 0 Å². The van der Waals surface area contributed by atoms with Gasteiger partial charge in [0, 0.05) is 12.8 Å². The highest BCUT2D eigenvalue weighted by molar-refractivity contribution is 5.74. The molecule has 9 heteroatoms. The zero-order valence-corrected chi connectivity index (χ0v) is 19.6. The Balaban J connectivity index is 2.80. The van der Waals surface area contributed by atoms with Crippen molar-refractivity contribution in [2.24, 2.45) is 5.73 Å². The van der Waals surface area contributed by atoms with E-state index in [1.807, 2.05) is 6.92 Å². The Bertz CT molecular complexity index is 791. The molecule has 1 rings (SSSR count). The second kappa shape index (κ2) is 12.9. The van der Waals surface area contributed by atoms with Gasteiger partial charge < -0.3 is 25.3 Å². The molecule has 0 aliphatic rings. The predicted molar refractivity (Wildman–Crippen MR) is 118 cm³/mol. The molecule has 0 saturated carbocycles. The molecule has 0 radical (unpaired) electrons. The molecule has 8 nitrogen and oxygen atoms in total. The van der Waals surface area contributed by atoms with Crippen molar-refractivity contribution in [3.05, 3.63) is 29.1 Å². The Kier molecular flexibility index (Phi) is 10.9. The lowest BCUT2D eigenvalue weighted by Gasteiger charge is -2.24. The van der Waals surface area contributed by atoms with Gasteiger partial charge in [0.1, 0.15) is 12.2 Å². The van der Waals surface area contributed by atoms with Crippen molar-refractivity contribution in [1.82, 2.24) is 5.32 Å². The van der Waals surface area contributed by atoms with E-state index < -0.39 is 29.5 Å². The van der Waals surface area contributed by atoms with Gasteiger partial charge in [-0.3, -0.25) is 9.59 Å². The van der Waals surface area contributed by atoms with Gasteiger partial charge in [-0.2, -0.15) is 0 Å². The average Bonchev–Trinajstić information content (AvgIpc) is 2.68. The molecule has 0 saturated heterocycles. The van der Waals surface area contributed by atoms with E-state index in [0.29, 0.717) is 24.8 Å². The van der Waals surface area contributed by atoms with Crippen LogP contribution in [0.3, 0.4) is 0 Å². The third-order valence-corrected chi connectivity index (χ3v) is 4.46. The number of esters is 1. The van der Waals surface area contributed by atoms with Crippen LogP contribution >= 0.6 is 0 Å². The summed E-state index contributed by atoms with van der Waals surface area (Å²) in [7, 11) is 1.33. The topological polar surface area (TPSA) is 117 Å². The first-order valence-electron chi connectivity index (χ1n) is 10.7. The summed E-state index contributed by atoms with van der Waals surface area (Å²) in [6.07, 6.45) is 1.54. The SMILES string of the molecule is COC(=O)CCCCc1cc(C)cc(OC[C@H](CCC(N)=O)NC(=O)OC(C)(C)C)c1F. The highest BCUT2D eigenvalue weighted by Gasteiger charge is 2.21. The number of aryl methyl sites for hydroxylation is 2. The van der Waals surface area contributed by atoms with Crippen molar-refractivity contribution in [3.63, 3.8) is 0 Å². The number of alkyl carbamates (subject to hydrolysis) is 1. The van der Waals surface area contributed by atoms with Crippen LogP contribution in [0.15, 0.2) is 12.1 Å². The molecule has 2 amide bonds. The van der Waals surface area contributed by atoms with Crippen LogP contribution in [0.1, 0.15) is 64.0 Å². The summed E-state index contributed by atoms with van der Waals surface area (Å²) in [5.41, 5.74) is 5.83. The molecule has 180 valence electrons. The van der Waals surface area contributed by atoms with E-state index in [4.69, 9.17) is 15.2 Å². The van der Waals surface area contributed by atoms with Crippen LogP contribution in [-0.4, -0.2) is 43.3 Å². The normalized spacial score (nSPS) is 12.1. The number of nitrogens with one attached hydrogen (secondary N) is 1. The van der Waals surface area contributed by atoms with Crippen LogP contribution in [0, 0.1) is 12.7 Å². The summed E-state index contributed by atoms with van der Waals surface area (Å²) < 4.78 is 30.5. The number of ether oxygens (including phenoxy) is 3. The molecule has 1 atom stereocenters. The number of primary amides is 1. The van der Waals surface area contributed by atoms with Crippen LogP contribution in [-0.2, 0) is 25.5 Å². The highest BCUT2D eigenvalue weighted by Crippen LogP contribution is 2.25. The van der Waals surface area contributed by atoms with Gasteiger partial charge in [-0.15, -0.1) is 0 Å². The van der Waals surface area contributed by atoms with Gasteiger partial charge >= 0.3 is 12.1 Å². The minimum absolute atomic E-state index is 0.0333. The fraction of sp³-hybridized carbons (Fsp3) is 0.609. The van der Waals surface area contributed by atoms with Crippen molar-refractivity contribution < 1.29 is 33.0 Å². The number of carbonyl (C=O) groups excluding carboxylic acids is 3. The third-order valence-electron chi connectivity index (χ3n) is 4.46. The molecule has 0 aliphatic carbocycles. The number of carbonyl (C=O) groups is 3. The number of hydrogen-bond acceptors (Lipinski definition) is 6. The van der Waals surface area contributed by atoms with Crippen molar-refractivity contribution in [1.29, 1.82) is 0 Å². The third kappa shape index (κ3) is 11.0. The largest absolute Gasteiger partial charge is 0.488 e. The number of benzene rings is 1. The van der Waals surface area contributed by atoms with Gasteiger partial charge in [0.25, 0.3) is 0 Å². The molecule has 0 bridgehead atoms. The Morgan fingerprint density at radius 2 is 1.84 bits per heavy atom. The Labute approximate surface area is 189 Å². The summed E-state index contributed by atoms with van der Waals surface area (Å²) in [5, 5.41) is 2.65. The van der Waals surface area contributed by atoms with E-state index in [0.717, 1.165) is 5.56 Å². The number of methoxy groups -OCH3 is 1. The van der Waals surface area contributed by atoms with Crippen LogP contribution in [0.25, 0.3) is 0 Å². The molecule has 0 heterocycles. The summed E-state index contributed by atoms with van der Waals surface area (Å²) in [6, 6.07) is 2.72. The Hall–Kier alpha value is -2.84. The Morgan fingerprint density at radius 1 is 1.16 bits per heavy atom. The van der Waals surface area contributed by atoms with E-state index in [2.05, 4.69) is 10.1 Å². The monoisotopic (exact) mass is 454 g/mol. The average molecular weight is 455 g/mol. The maximum atomic E-state index is 15.0. The zero-order chi connectivity index (χ0) is 24.3. The van der Waals surface area contributed by atoms with Crippen molar-refractivity contribution in [2.45, 2.75) is 77.9 Å². The molecule has 0 unspecified atom stereocenters. The summed E-state index contributed by atoms with van der Waals surface area (Å²) >= 11 is 0. The first-order chi connectivity index (χ1) is 14.9. The van der Waals surface area contributed by atoms with E-state index in [1.54, 1.807) is 32.9 Å². The van der Waals surface area contributed by atoms with Gasteiger partial charge in [0.05, 0.1) is 13.2 Å². The molecule has 32 heavy (non-hydrogen) atoms. The number of halogens is 1. The fourth-order valence-electron chi connectivity index (χ4n) is 2.96. The first-order valence-corrected chi connectivity index (χ1v) is 10.7. The molecule has 0 fully saturated rings. The Morgan fingerprint density at radius 3 is 2.44 bits per heavy atom. The fourth-order valence-corrected chi connectivity index (χ4v) is 2.96. The van der Waals surface area contributed by atoms with Crippen LogP contribution in [0.5, 0.6) is 5.75 Å². The number of unbranched alkanes of at least 4 members (excludes halogenated alkanes) is 1. The van der Waals surface area contributed by atoms with Crippen LogP contribution in [0.2, 0.25) is 0 Å². The lowest BCUT2D eigenvalue weighted by molar-refractivity contribution is -0.140. The maximum absolute atomic E-state index is 15.0. The quantitative estimate of drug-likeness (QED) is 0.368. The van der Waals surface area contributed by atoms with Crippen molar-refractivity contribution in [3.8, 4) is 5.75 Å². The minimum Gasteiger partial charge on any atom is -0.488 e. The molecule has 0 spiro atoms. The second-order valence-electron chi connectivity index (χ2n) is 8.68. The molecule has 3 N–H and O–H groups in total. The number of rotatable bonds is 12. The standard InChI is InChI=1S/C23H35FN2O6/c1-15-12-16(8-6-7-9-20(28)30-5)21(24)18(13-15)31-14-17(10-11-19(25)27)26-22(29)32-23(2,3)4/h12-13,17H,6-11,14H2,1-5H3,(H2,25,27)(H,26,29)/t17-/m0/s1. The molecule has 1 aromatic carbocycles. The van der Waals surface area contributed by atoms with Gasteiger partial charge in [-0.25, -0.2) is 9.18 Å². The molecule has 0 aliphatic heterocycles. The predicted octanol–water partition coefficient (Wildman–Crippen LogP) is 3.56. The van der Waals surface area contributed by atoms with E-state index in [-0.39, 0.29) is 37.6 Å². The smallest absolute Gasteiger partial charge is 0.407 e. The minimum atomic E-state index is -0.690. The van der Waals surface area contributed by atoms with Gasteiger partial charge in [-0.1, -0.05) is 6.07 Å². The molecule has 1 aromatic rings. The second-order valence-corrected chi connectivity index (χ2v) is 8.68. The number of amides is 2. The maximum Gasteiger partial charge on any atom is 0.407 e. The van der Waals surface area contributed by atoms with Crippen molar-refractivity contribution >= 4 is 18.0 Å². The van der Waals surface area contributed by atoms with Gasteiger partial charge in [0.15, 0.2) is 11.6 Å². The zero-order valence-electron chi connectivity index (χ0n) is 19.6. The first kappa shape index (κ1) is 27.2. The van der Waals surface area contributed by atoms with Gasteiger partial charge in [0.2, 0.25) is 5.91 Å². The summed E-state index contributed by atoms with van der Waals surface area (Å²) in [4.78, 5) is 34.5. The number of hydrogen-bond donors (Lipinski definition) is 2. The lowest BCUT2D eigenvalue weighted by Crippen LogP contribution is -2.42. The molecule has 0 aromatic heterocycles. The molecular weight excluding hydrogens is 419 g/mol.